The van der Waals surface area contributed by atoms with Crippen molar-refractivity contribution in [2.45, 2.75) is 25.3 Å². The van der Waals surface area contributed by atoms with Gasteiger partial charge in [0.05, 0.1) is 5.69 Å². The zero-order valence-corrected chi connectivity index (χ0v) is 14.7. The van der Waals surface area contributed by atoms with E-state index >= 15 is 0 Å². The van der Waals surface area contributed by atoms with E-state index in [1.54, 1.807) is 12.1 Å². The Kier molecular flexibility index (Phi) is 5.02. The first-order chi connectivity index (χ1) is 12.8. The monoisotopic (exact) mass is 347 g/mol. The molecule has 0 unspecified atom stereocenters. The molecule has 0 saturated carbocycles. The summed E-state index contributed by atoms with van der Waals surface area (Å²) in [6.45, 7) is 3.06. The van der Waals surface area contributed by atoms with E-state index in [0.717, 1.165) is 43.0 Å². The van der Waals surface area contributed by atoms with Crippen LogP contribution in [0, 0.1) is 5.82 Å². The molecular weight excluding hydrogens is 325 g/mol. The van der Waals surface area contributed by atoms with E-state index in [1.807, 2.05) is 30.6 Å². The van der Waals surface area contributed by atoms with Gasteiger partial charge in [-0.15, -0.1) is 0 Å². The highest BCUT2D eigenvalue weighted by Gasteiger charge is 2.22. The number of pyridine rings is 2. The second kappa shape index (κ2) is 7.75. The van der Waals surface area contributed by atoms with Crippen LogP contribution in [0.3, 0.4) is 0 Å². The maximum Gasteiger partial charge on any atom is 0.123 e. The molecule has 0 spiro atoms. The quantitative estimate of drug-likeness (QED) is 0.687. The van der Waals surface area contributed by atoms with Gasteiger partial charge in [0.2, 0.25) is 0 Å². The lowest BCUT2D eigenvalue weighted by atomic mass is 9.93. The van der Waals surface area contributed by atoms with Crippen molar-refractivity contribution in [1.29, 1.82) is 0 Å². The van der Waals surface area contributed by atoms with Crippen molar-refractivity contribution < 1.29 is 4.39 Å². The molecule has 3 heterocycles. The highest BCUT2D eigenvalue weighted by atomic mass is 19.1. The smallest absolute Gasteiger partial charge is 0.123 e. The molecule has 1 aromatic carbocycles. The van der Waals surface area contributed by atoms with Crippen LogP contribution in [0.5, 0.6) is 0 Å². The highest BCUT2D eigenvalue weighted by Crippen LogP contribution is 2.28. The van der Waals surface area contributed by atoms with Gasteiger partial charge < -0.3 is 0 Å². The largest absolute Gasteiger partial charge is 0.298 e. The molecule has 1 fully saturated rings. The minimum Gasteiger partial charge on any atom is -0.298 e. The molecule has 4 rings (SSSR count). The van der Waals surface area contributed by atoms with Gasteiger partial charge in [-0.2, -0.15) is 0 Å². The normalized spacial score (nSPS) is 18.0. The maximum absolute atomic E-state index is 13.5. The minimum atomic E-state index is -0.226. The maximum atomic E-state index is 13.5. The predicted molar refractivity (Wildman–Crippen MR) is 101 cm³/mol. The summed E-state index contributed by atoms with van der Waals surface area (Å²) in [4.78, 5) is 11.4. The molecule has 1 saturated heterocycles. The number of aromatic nitrogens is 2. The molecule has 3 nitrogen and oxygen atoms in total. The summed E-state index contributed by atoms with van der Waals surface area (Å²) in [5.41, 5.74) is 4.07. The number of halogens is 1. The Hall–Kier alpha value is -2.59. The number of likely N-dealkylation sites (tertiary alicyclic amines) is 1. The van der Waals surface area contributed by atoms with Gasteiger partial charge in [0, 0.05) is 42.7 Å². The molecule has 2 aromatic heterocycles. The van der Waals surface area contributed by atoms with E-state index in [2.05, 4.69) is 28.1 Å². The lowest BCUT2D eigenvalue weighted by Gasteiger charge is -2.32. The summed E-state index contributed by atoms with van der Waals surface area (Å²) in [6.07, 6.45) is 6.01. The SMILES string of the molecule is Fc1cccc(-c2cccc([C@H]3CCCN(Cc4ccncc4)C3)n2)c1. The summed E-state index contributed by atoms with van der Waals surface area (Å²) in [6, 6.07) is 16.9. The fraction of sp³-hybridized carbons (Fsp3) is 0.273. The van der Waals surface area contributed by atoms with Gasteiger partial charge in [0.15, 0.2) is 0 Å². The van der Waals surface area contributed by atoms with Crippen LogP contribution in [-0.2, 0) is 6.54 Å². The first kappa shape index (κ1) is 16.9. The van der Waals surface area contributed by atoms with Crippen molar-refractivity contribution in [2.75, 3.05) is 13.1 Å². The molecule has 1 aliphatic heterocycles. The first-order valence-corrected chi connectivity index (χ1v) is 9.12. The van der Waals surface area contributed by atoms with Crippen LogP contribution in [0.15, 0.2) is 67.0 Å². The number of nitrogens with zero attached hydrogens (tertiary/aromatic N) is 3. The summed E-state index contributed by atoms with van der Waals surface area (Å²) < 4.78 is 13.5. The predicted octanol–water partition coefficient (Wildman–Crippen LogP) is 4.66. The van der Waals surface area contributed by atoms with E-state index < -0.39 is 0 Å². The molecule has 0 radical (unpaired) electrons. The van der Waals surface area contributed by atoms with Crippen molar-refractivity contribution in [2.24, 2.45) is 0 Å². The lowest BCUT2D eigenvalue weighted by Crippen LogP contribution is -2.34. The van der Waals surface area contributed by atoms with E-state index in [4.69, 9.17) is 4.98 Å². The van der Waals surface area contributed by atoms with Gasteiger partial charge in [0.1, 0.15) is 5.82 Å². The molecule has 132 valence electrons. The van der Waals surface area contributed by atoms with Gasteiger partial charge in [-0.25, -0.2) is 4.39 Å². The third kappa shape index (κ3) is 3.97. The van der Waals surface area contributed by atoms with Crippen molar-refractivity contribution in [1.82, 2.24) is 14.9 Å². The summed E-state index contributed by atoms with van der Waals surface area (Å²) in [7, 11) is 0. The summed E-state index contributed by atoms with van der Waals surface area (Å²) >= 11 is 0. The van der Waals surface area contributed by atoms with Crippen LogP contribution in [0.1, 0.15) is 30.0 Å². The fourth-order valence-electron chi connectivity index (χ4n) is 3.67. The lowest BCUT2D eigenvalue weighted by molar-refractivity contribution is 0.198. The Morgan fingerprint density at radius 1 is 1.04 bits per heavy atom. The molecule has 0 amide bonds. The molecule has 4 heteroatoms. The Balaban J connectivity index is 1.51. The van der Waals surface area contributed by atoms with E-state index in [9.17, 15) is 4.39 Å². The van der Waals surface area contributed by atoms with Crippen LogP contribution in [0.25, 0.3) is 11.3 Å². The van der Waals surface area contributed by atoms with Crippen LogP contribution in [-0.4, -0.2) is 28.0 Å². The van der Waals surface area contributed by atoms with Crippen LogP contribution in [0.2, 0.25) is 0 Å². The number of piperidine rings is 1. The number of hydrogen-bond acceptors (Lipinski definition) is 3. The average Bonchev–Trinajstić information content (AvgIpc) is 2.69. The Morgan fingerprint density at radius 3 is 2.73 bits per heavy atom. The third-order valence-corrected chi connectivity index (χ3v) is 4.97. The molecular formula is C22H22FN3. The summed E-state index contributed by atoms with van der Waals surface area (Å²) in [5, 5.41) is 0. The number of benzene rings is 1. The topological polar surface area (TPSA) is 29.0 Å². The second-order valence-corrected chi connectivity index (χ2v) is 6.89. The molecule has 1 atom stereocenters. The molecule has 0 bridgehead atoms. The van der Waals surface area contributed by atoms with Crippen LogP contribution >= 0.6 is 0 Å². The number of rotatable bonds is 4. The molecule has 0 aliphatic carbocycles. The standard InChI is InChI=1S/C22H22FN3/c23-20-6-1-4-18(14-20)21-7-2-8-22(25-21)19-5-3-13-26(16-19)15-17-9-11-24-12-10-17/h1-2,4,6-12,14,19H,3,5,13,15-16H2/t19-/m0/s1. The van der Waals surface area contributed by atoms with Gasteiger partial charge in [-0.05, 0) is 61.3 Å². The van der Waals surface area contributed by atoms with E-state index in [0.29, 0.717) is 5.92 Å². The molecule has 0 N–H and O–H groups in total. The number of hydrogen-bond donors (Lipinski definition) is 0. The Bertz CT molecular complexity index is 866. The van der Waals surface area contributed by atoms with Gasteiger partial charge in [-0.1, -0.05) is 18.2 Å². The van der Waals surface area contributed by atoms with E-state index in [1.165, 1.54) is 18.1 Å². The third-order valence-electron chi connectivity index (χ3n) is 4.97. The van der Waals surface area contributed by atoms with Crippen LogP contribution < -0.4 is 0 Å². The molecule has 3 aromatic rings. The second-order valence-electron chi connectivity index (χ2n) is 6.89. The minimum absolute atomic E-state index is 0.226. The van der Waals surface area contributed by atoms with Crippen LogP contribution in [0.4, 0.5) is 4.39 Å². The van der Waals surface area contributed by atoms with Crippen molar-refractivity contribution in [3.63, 3.8) is 0 Å². The van der Waals surface area contributed by atoms with Crippen molar-refractivity contribution in [3.05, 3.63) is 84.1 Å². The van der Waals surface area contributed by atoms with Gasteiger partial charge in [0.25, 0.3) is 0 Å². The molecule has 26 heavy (non-hydrogen) atoms. The van der Waals surface area contributed by atoms with Crippen molar-refractivity contribution in [3.8, 4) is 11.3 Å². The first-order valence-electron chi connectivity index (χ1n) is 9.12. The van der Waals surface area contributed by atoms with Crippen molar-refractivity contribution >= 4 is 0 Å². The molecule has 1 aliphatic rings. The zero-order valence-electron chi connectivity index (χ0n) is 14.7. The fourth-order valence-corrected chi connectivity index (χ4v) is 3.67. The highest BCUT2D eigenvalue weighted by molar-refractivity contribution is 5.59. The van der Waals surface area contributed by atoms with E-state index in [-0.39, 0.29) is 5.82 Å². The zero-order chi connectivity index (χ0) is 17.8. The summed E-state index contributed by atoms with van der Waals surface area (Å²) in [5.74, 6) is 0.190. The van der Waals surface area contributed by atoms with Gasteiger partial charge in [-0.3, -0.25) is 14.9 Å². The average molecular weight is 347 g/mol. The Morgan fingerprint density at radius 2 is 1.88 bits per heavy atom. The van der Waals surface area contributed by atoms with Gasteiger partial charge >= 0.3 is 0 Å². The Labute approximate surface area is 153 Å².